The zero-order valence-corrected chi connectivity index (χ0v) is 12.5. The number of nitro groups is 1. The number of azo groups is 1. The molecule has 0 bridgehead atoms. The van der Waals surface area contributed by atoms with Gasteiger partial charge in [-0.05, 0) is 11.6 Å². The van der Waals surface area contributed by atoms with E-state index in [1.807, 2.05) is 30.3 Å². The SMILES string of the molecule is O=[N+]([O-])c1ccc(O)c(/C=N\N=C2/C[C@@H](c3ccccc3)N=N2)c1. The standard InChI is InChI=1S/C16H13N5O3/c22-15-7-6-13(21(23)24)8-12(15)10-17-19-16-9-14(18-20-16)11-4-2-1-3-5-11/h1-8,10,14,22H,9H2/b17-10-,19-16+/t14-/m0/s1. The quantitative estimate of drug-likeness (QED) is 0.526. The normalized spacial score (nSPS) is 18.5. The van der Waals surface area contributed by atoms with Gasteiger partial charge in [-0.25, -0.2) is 0 Å². The van der Waals surface area contributed by atoms with Crippen molar-refractivity contribution in [3.05, 3.63) is 69.8 Å². The Morgan fingerprint density at radius 1 is 1.25 bits per heavy atom. The highest BCUT2D eigenvalue weighted by molar-refractivity contribution is 5.87. The molecule has 1 aliphatic heterocycles. The van der Waals surface area contributed by atoms with Gasteiger partial charge in [0.15, 0.2) is 5.84 Å². The topological polar surface area (TPSA) is 113 Å². The van der Waals surface area contributed by atoms with Gasteiger partial charge in [0.25, 0.3) is 5.69 Å². The van der Waals surface area contributed by atoms with Crippen LogP contribution in [-0.2, 0) is 0 Å². The smallest absolute Gasteiger partial charge is 0.270 e. The van der Waals surface area contributed by atoms with Crippen LogP contribution in [0.5, 0.6) is 5.75 Å². The summed E-state index contributed by atoms with van der Waals surface area (Å²) >= 11 is 0. The van der Waals surface area contributed by atoms with Gasteiger partial charge in [-0.15, -0.1) is 10.2 Å². The van der Waals surface area contributed by atoms with Gasteiger partial charge in [-0.1, -0.05) is 30.3 Å². The maximum Gasteiger partial charge on any atom is 0.270 e. The molecule has 0 aliphatic carbocycles. The lowest BCUT2D eigenvalue weighted by molar-refractivity contribution is -0.384. The van der Waals surface area contributed by atoms with Gasteiger partial charge in [0.2, 0.25) is 0 Å². The summed E-state index contributed by atoms with van der Waals surface area (Å²) in [5, 5.41) is 36.4. The Balaban J connectivity index is 1.71. The molecule has 1 aliphatic rings. The number of phenolic OH excluding ortho intramolecular Hbond substituents is 1. The summed E-state index contributed by atoms with van der Waals surface area (Å²) in [5.74, 6) is 0.352. The maximum atomic E-state index is 10.7. The second-order valence-corrected chi connectivity index (χ2v) is 5.11. The molecule has 0 spiro atoms. The van der Waals surface area contributed by atoms with Crippen LogP contribution in [0.2, 0.25) is 0 Å². The Kier molecular flexibility index (Phi) is 4.37. The van der Waals surface area contributed by atoms with Crippen LogP contribution in [-0.4, -0.2) is 22.1 Å². The molecule has 2 aromatic carbocycles. The Morgan fingerprint density at radius 3 is 2.79 bits per heavy atom. The van der Waals surface area contributed by atoms with E-state index >= 15 is 0 Å². The average Bonchev–Trinajstić information content (AvgIpc) is 3.06. The van der Waals surface area contributed by atoms with Crippen LogP contribution >= 0.6 is 0 Å². The fourth-order valence-corrected chi connectivity index (χ4v) is 2.23. The van der Waals surface area contributed by atoms with Gasteiger partial charge in [0.1, 0.15) is 11.8 Å². The first kappa shape index (κ1) is 15.5. The second-order valence-electron chi connectivity index (χ2n) is 5.11. The largest absolute Gasteiger partial charge is 0.507 e. The minimum absolute atomic E-state index is 0.0774. The lowest BCUT2D eigenvalue weighted by Gasteiger charge is -2.02. The van der Waals surface area contributed by atoms with Crippen LogP contribution in [0.3, 0.4) is 0 Å². The molecular weight excluding hydrogens is 310 g/mol. The van der Waals surface area contributed by atoms with Crippen LogP contribution in [0, 0.1) is 10.1 Å². The number of amidine groups is 1. The molecule has 0 aromatic heterocycles. The molecule has 8 nitrogen and oxygen atoms in total. The molecule has 8 heteroatoms. The van der Waals surface area contributed by atoms with Crippen LogP contribution in [0.25, 0.3) is 0 Å². The van der Waals surface area contributed by atoms with Crippen LogP contribution in [0.15, 0.2) is 69.0 Å². The number of rotatable bonds is 4. The third-order valence-corrected chi connectivity index (χ3v) is 3.46. The molecule has 0 saturated heterocycles. The van der Waals surface area contributed by atoms with E-state index in [4.69, 9.17) is 0 Å². The molecule has 0 saturated carbocycles. The lowest BCUT2D eigenvalue weighted by Crippen LogP contribution is -1.95. The van der Waals surface area contributed by atoms with Crippen LogP contribution in [0.1, 0.15) is 23.6 Å². The molecule has 0 fully saturated rings. The van der Waals surface area contributed by atoms with Crippen LogP contribution < -0.4 is 0 Å². The van der Waals surface area contributed by atoms with Gasteiger partial charge >= 0.3 is 0 Å². The van der Waals surface area contributed by atoms with E-state index in [-0.39, 0.29) is 23.0 Å². The zero-order valence-electron chi connectivity index (χ0n) is 12.5. The first-order chi connectivity index (χ1) is 11.6. The summed E-state index contributed by atoms with van der Waals surface area (Å²) in [7, 11) is 0. The third kappa shape index (κ3) is 3.49. The van der Waals surface area contributed by atoms with E-state index in [1.165, 1.54) is 24.4 Å². The van der Waals surface area contributed by atoms with E-state index < -0.39 is 4.92 Å². The summed E-state index contributed by atoms with van der Waals surface area (Å²) in [6.07, 6.45) is 1.78. The fraction of sp³-hybridized carbons (Fsp3) is 0.125. The van der Waals surface area contributed by atoms with Gasteiger partial charge in [0.05, 0.1) is 11.1 Å². The maximum absolute atomic E-state index is 10.7. The molecular formula is C16H13N5O3. The van der Waals surface area contributed by atoms with Gasteiger partial charge < -0.3 is 5.11 Å². The minimum Gasteiger partial charge on any atom is -0.507 e. The molecule has 120 valence electrons. The molecule has 3 rings (SSSR count). The monoisotopic (exact) mass is 323 g/mol. The molecule has 24 heavy (non-hydrogen) atoms. The molecule has 2 aromatic rings. The number of hydrogen-bond acceptors (Lipinski definition) is 6. The van der Waals surface area contributed by atoms with Crippen molar-refractivity contribution in [1.29, 1.82) is 0 Å². The van der Waals surface area contributed by atoms with E-state index in [2.05, 4.69) is 20.4 Å². The molecule has 1 N–H and O–H groups in total. The summed E-state index contributed by atoms with van der Waals surface area (Å²) in [6.45, 7) is 0. The zero-order chi connectivity index (χ0) is 16.9. The highest BCUT2D eigenvalue weighted by Crippen LogP contribution is 2.27. The predicted octanol–water partition coefficient (Wildman–Crippen LogP) is 3.63. The number of nitrogens with zero attached hydrogens (tertiary/aromatic N) is 5. The molecule has 1 atom stereocenters. The summed E-state index contributed by atoms with van der Waals surface area (Å²) in [6, 6.07) is 13.3. The van der Waals surface area contributed by atoms with E-state index in [9.17, 15) is 15.2 Å². The Labute approximate surface area is 137 Å². The Bertz CT molecular complexity index is 846. The fourth-order valence-electron chi connectivity index (χ4n) is 2.23. The van der Waals surface area contributed by atoms with E-state index in [0.29, 0.717) is 12.3 Å². The molecule has 0 radical (unpaired) electrons. The predicted molar refractivity (Wildman–Crippen MR) is 88.4 cm³/mol. The number of benzene rings is 2. The van der Waals surface area contributed by atoms with Crippen molar-refractivity contribution in [2.75, 3.05) is 0 Å². The van der Waals surface area contributed by atoms with E-state index in [0.717, 1.165) is 5.56 Å². The Morgan fingerprint density at radius 2 is 2.04 bits per heavy atom. The molecule has 1 heterocycles. The number of phenols is 1. The first-order valence-corrected chi connectivity index (χ1v) is 7.16. The van der Waals surface area contributed by atoms with Crippen molar-refractivity contribution < 1.29 is 10.0 Å². The Hall–Kier alpha value is -3.42. The van der Waals surface area contributed by atoms with E-state index in [1.54, 1.807) is 0 Å². The van der Waals surface area contributed by atoms with Gasteiger partial charge in [-0.2, -0.15) is 10.2 Å². The number of hydrogen-bond donors (Lipinski definition) is 1. The summed E-state index contributed by atoms with van der Waals surface area (Å²) in [5.41, 5.74) is 1.13. The average molecular weight is 323 g/mol. The van der Waals surface area contributed by atoms with Crippen molar-refractivity contribution in [3.8, 4) is 5.75 Å². The van der Waals surface area contributed by atoms with Crippen molar-refractivity contribution in [3.63, 3.8) is 0 Å². The highest BCUT2D eigenvalue weighted by Gasteiger charge is 2.19. The van der Waals surface area contributed by atoms with Crippen molar-refractivity contribution >= 4 is 17.7 Å². The third-order valence-electron chi connectivity index (χ3n) is 3.46. The highest BCUT2D eigenvalue weighted by atomic mass is 16.6. The van der Waals surface area contributed by atoms with Crippen molar-refractivity contribution in [2.24, 2.45) is 20.4 Å². The van der Waals surface area contributed by atoms with Gasteiger partial charge in [-0.3, -0.25) is 10.1 Å². The van der Waals surface area contributed by atoms with Gasteiger partial charge in [0, 0.05) is 24.1 Å². The summed E-state index contributed by atoms with van der Waals surface area (Å²) < 4.78 is 0. The number of non-ortho nitro benzene ring substituents is 1. The molecule has 0 unspecified atom stereocenters. The molecule has 0 amide bonds. The number of nitro benzene ring substituents is 1. The van der Waals surface area contributed by atoms with Crippen LogP contribution in [0.4, 0.5) is 5.69 Å². The number of aromatic hydroxyl groups is 1. The summed E-state index contributed by atoms with van der Waals surface area (Å²) in [4.78, 5) is 10.2. The first-order valence-electron chi connectivity index (χ1n) is 7.16. The van der Waals surface area contributed by atoms with Crippen molar-refractivity contribution in [1.82, 2.24) is 0 Å². The minimum atomic E-state index is -0.543. The lowest BCUT2D eigenvalue weighted by atomic mass is 10.1. The van der Waals surface area contributed by atoms with Crippen molar-refractivity contribution in [2.45, 2.75) is 12.5 Å². The second kappa shape index (κ2) is 6.78.